The fourth-order valence-corrected chi connectivity index (χ4v) is 3.44. The Labute approximate surface area is 138 Å². The number of benzene rings is 2. The molecule has 5 nitrogen and oxygen atoms in total. The maximum Gasteiger partial charge on any atom is 0.204 e. The normalized spacial score (nSPS) is 19.1. The summed E-state index contributed by atoms with van der Waals surface area (Å²) < 4.78 is 17.4. The van der Waals surface area contributed by atoms with E-state index < -0.39 is 11.7 Å². The Morgan fingerprint density at radius 1 is 1.25 bits per heavy atom. The van der Waals surface area contributed by atoms with Crippen LogP contribution in [0.4, 0.5) is 0 Å². The van der Waals surface area contributed by atoms with Crippen molar-refractivity contribution < 1.29 is 19.0 Å². The molecular formula is C19H18O5. The zero-order valence-electron chi connectivity index (χ0n) is 13.8. The molecule has 1 aromatic heterocycles. The summed E-state index contributed by atoms with van der Waals surface area (Å²) in [5.41, 5.74) is 0.713. The van der Waals surface area contributed by atoms with Crippen LogP contribution in [0.3, 0.4) is 0 Å². The summed E-state index contributed by atoms with van der Waals surface area (Å²) in [6, 6.07) is 8.75. The quantitative estimate of drug-likeness (QED) is 0.693. The van der Waals surface area contributed by atoms with Crippen LogP contribution in [0.1, 0.15) is 31.9 Å². The lowest BCUT2D eigenvalue weighted by atomic mass is 9.90. The van der Waals surface area contributed by atoms with E-state index in [1.54, 1.807) is 24.3 Å². The van der Waals surface area contributed by atoms with Crippen LogP contribution in [0.5, 0.6) is 11.5 Å². The van der Waals surface area contributed by atoms with Crippen LogP contribution < -0.4 is 14.9 Å². The van der Waals surface area contributed by atoms with Crippen molar-refractivity contribution in [3.8, 4) is 11.5 Å². The number of para-hydroxylation sites is 1. The largest absolute Gasteiger partial charge is 0.495 e. The fourth-order valence-electron chi connectivity index (χ4n) is 3.44. The van der Waals surface area contributed by atoms with E-state index in [1.165, 1.54) is 7.11 Å². The van der Waals surface area contributed by atoms with Gasteiger partial charge in [-0.3, -0.25) is 4.79 Å². The van der Waals surface area contributed by atoms with Gasteiger partial charge in [-0.2, -0.15) is 0 Å². The molecule has 5 heteroatoms. The van der Waals surface area contributed by atoms with Crippen molar-refractivity contribution in [3.63, 3.8) is 0 Å². The SMILES string of the molecule is COc1c2c(cc3oc4ccccc4c(=O)c13)OC(C)(C)C[C@@H]2O. The molecule has 0 saturated heterocycles. The molecule has 2 heterocycles. The Morgan fingerprint density at radius 3 is 2.75 bits per heavy atom. The number of aliphatic hydroxyl groups excluding tert-OH is 1. The van der Waals surface area contributed by atoms with Crippen molar-refractivity contribution in [1.82, 2.24) is 0 Å². The molecule has 0 saturated carbocycles. The number of hydrogen-bond donors (Lipinski definition) is 1. The summed E-state index contributed by atoms with van der Waals surface area (Å²) in [6.07, 6.45) is -0.352. The van der Waals surface area contributed by atoms with Gasteiger partial charge >= 0.3 is 0 Å². The average Bonchev–Trinajstić information content (AvgIpc) is 2.52. The molecule has 0 aliphatic carbocycles. The van der Waals surface area contributed by atoms with E-state index in [2.05, 4.69) is 0 Å². The second-order valence-electron chi connectivity index (χ2n) is 6.70. The molecule has 0 unspecified atom stereocenters. The minimum Gasteiger partial charge on any atom is -0.495 e. The molecule has 1 N–H and O–H groups in total. The smallest absolute Gasteiger partial charge is 0.204 e. The lowest BCUT2D eigenvalue weighted by molar-refractivity contribution is 0.0103. The first kappa shape index (κ1) is 15.0. The third-order valence-corrected chi connectivity index (χ3v) is 4.43. The minimum absolute atomic E-state index is 0.177. The van der Waals surface area contributed by atoms with E-state index in [9.17, 15) is 9.90 Å². The first-order valence-electron chi connectivity index (χ1n) is 7.85. The Kier molecular flexibility index (Phi) is 3.12. The first-order valence-corrected chi connectivity index (χ1v) is 7.85. The predicted octanol–water partition coefficient (Wildman–Crippen LogP) is 3.55. The summed E-state index contributed by atoms with van der Waals surface area (Å²) in [5.74, 6) is 0.812. The molecule has 0 fully saturated rings. The number of hydrogen-bond acceptors (Lipinski definition) is 5. The minimum atomic E-state index is -0.769. The zero-order chi connectivity index (χ0) is 17.1. The van der Waals surface area contributed by atoms with Crippen molar-refractivity contribution >= 4 is 21.9 Å². The van der Waals surface area contributed by atoms with E-state index in [0.29, 0.717) is 45.4 Å². The Bertz CT molecular complexity index is 1020. The molecular weight excluding hydrogens is 308 g/mol. The molecule has 24 heavy (non-hydrogen) atoms. The number of aliphatic hydroxyl groups is 1. The number of rotatable bonds is 1. The standard InChI is InChI=1S/C19H18O5/c1-19(2)9-11(20)15-14(24-19)8-13-16(18(15)22-3)17(21)10-6-4-5-7-12(10)23-13/h4-8,11,20H,9H2,1-3H3/t11-/m0/s1. The van der Waals surface area contributed by atoms with Crippen molar-refractivity contribution in [2.24, 2.45) is 0 Å². The van der Waals surface area contributed by atoms with Gasteiger partial charge in [-0.15, -0.1) is 0 Å². The van der Waals surface area contributed by atoms with Crippen LogP contribution in [0, 0.1) is 0 Å². The lowest BCUT2D eigenvalue weighted by Gasteiger charge is -2.36. The maximum atomic E-state index is 12.9. The molecule has 1 atom stereocenters. The summed E-state index contributed by atoms with van der Waals surface area (Å²) in [5, 5.41) is 11.4. The van der Waals surface area contributed by atoms with Crippen molar-refractivity contribution in [2.45, 2.75) is 32.0 Å². The van der Waals surface area contributed by atoms with E-state index in [-0.39, 0.29) is 5.43 Å². The van der Waals surface area contributed by atoms with E-state index in [0.717, 1.165) is 0 Å². The highest BCUT2D eigenvalue weighted by Crippen LogP contribution is 2.47. The Balaban J connectivity index is 2.16. The van der Waals surface area contributed by atoms with E-state index in [1.807, 2.05) is 19.9 Å². The maximum absolute atomic E-state index is 12.9. The highest BCUT2D eigenvalue weighted by molar-refractivity contribution is 5.95. The van der Waals surface area contributed by atoms with Crippen molar-refractivity contribution in [2.75, 3.05) is 7.11 Å². The van der Waals surface area contributed by atoms with Gasteiger partial charge in [-0.1, -0.05) is 12.1 Å². The monoisotopic (exact) mass is 326 g/mol. The second-order valence-corrected chi connectivity index (χ2v) is 6.70. The Hall–Kier alpha value is -2.53. The van der Waals surface area contributed by atoms with E-state index >= 15 is 0 Å². The Morgan fingerprint density at radius 2 is 2.00 bits per heavy atom. The van der Waals surface area contributed by atoms with Gasteiger partial charge in [0.15, 0.2) is 0 Å². The van der Waals surface area contributed by atoms with E-state index in [4.69, 9.17) is 13.9 Å². The van der Waals surface area contributed by atoms with Gasteiger partial charge in [0.25, 0.3) is 0 Å². The van der Waals surface area contributed by atoms with Crippen LogP contribution in [0.2, 0.25) is 0 Å². The van der Waals surface area contributed by atoms with Gasteiger partial charge in [0.2, 0.25) is 5.43 Å². The fraction of sp³-hybridized carbons (Fsp3) is 0.316. The van der Waals surface area contributed by atoms with Crippen LogP contribution >= 0.6 is 0 Å². The second kappa shape index (κ2) is 4.98. The van der Waals surface area contributed by atoms with Gasteiger partial charge in [-0.25, -0.2) is 0 Å². The molecule has 1 aliphatic rings. The molecule has 3 aromatic rings. The highest BCUT2D eigenvalue weighted by Gasteiger charge is 2.36. The summed E-state index contributed by atoms with van der Waals surface area (Å²) in [4.78, 5) is 12.9. The zero-order valence-corrected chi connectivity index (χ0v) is 13.8. The average molecular weight is 326 g/mol. The predicted molar refractivity (Wildman–Crippen MR) is 90.8 cm³/mol. The molecule has 2 aromatic carbocycles. The summed E-state index contributed by atoms with van der Waals surface area (Å²) >= 11 is 0. The summed E-state index contributed by atoms with van der Waals surface area (Å²) in [6.45, 7) is 3.82. The van der Waals surface area contributed by atoms with Gasteiger partial charge < -0.3 is 19.0 Å². The molecule has 0 amide bonds. The number of methoxy groups -OCH3 is 1. The van der Waals surface area contributed by atoms with Crippen molar-refractivity contribution in [1.29, 1.82) is 0 Å². The van der Waals surface area contributed by atoms with Gasteiger partial charge in [0.05, 0.1) is 24.2 Å². The molecule has 0 spiro atoms. The molecule has 4 rings (SSSR count). The molecule has 1 aliphatic heterocycles. The van der Waals surface area contributed by atoms with Crippen LogP contribution in [0.15, 0.2) is 39.5 Å². The third-order valence-electron chi connectivity index (χ3n) is 4.43. The van der Waals surface area contributed by atoms with Gasteiger partial charge in [0.1, 0.15) is 33.7 Å². The van der Waals surface area contributed by atoms with Gasteiger partial charge in [0, 0.05) is 12.5 Å². The van der Waals surface area contributed by atoms with Crippen LogP contribution in [-0.4, -0.2) is 17.8 Å². The van der Waals surface area contributed by atoms with Crippen LogP contribution in [-0.2, 0) is 0 Å². The van der Waals surface area contributed by atoms with Gasteiger partial charge in [-0.05, 0) is 26.0 Å². The van der Waals surface area contributed by atoms with Crippen molar-refractivity contribution in [3.05, 3.63) is 46.1 Å². The van der Waals surface area contributed by atoms with Crippen LogP contribution in [0.25, 0.3) is 21.9 Å². The lowest BCUT2D eigenvalue weighted by Crippen LogP contribution is -2.35. The topological polar surface area (TPSA) is 68.9 Å². The number of fused-ring (bicyclic) bond motifs is 3. The third kappa shape index (κ3) is 2.08. The number of ether oxygens (including phenoxy) is 2. The highest BCUT2D eigenvalue weighted by atomic mass is 16.5. The molecule has 0 bridgehead atoms. The summed E-state index contributed by atoms with van der Waals surface area (Å²) in [7, 11) is 1.48. The molecule has 124 valence electrons. The molecule has 0 radical (unpaired) electrons. The first-order chi connectivity index (χ1) is 11.4.